The van der Waals surface area contributed by atoms with Crippen LogP contribution >= 0.6 is 11.6 Å². The molecule has 0 bridgehead atoms. The maximum absolute atomic E-state index is 12.5. The number of carbonyl (C=O) groups is 1. The minimum absolute atomic E-state index is 0.103. The molecule has 0 spiro atoms. The molecule has 0 aliphatic carbocycles. The van der Waals surface area contributed by atoms with Crippen LogP contribution in [0.25, 0.3) is 0 Å². The van der Waals surface area contributed by atoms with Crippen LogP contribution in [0.2, 0.25) is 5.02 Å². The quantitative estimate of drug-likeness (QED) is 0.863. The van der Waals surface area contributed by atoms with Crippen molar-refractivity contribution in [3.63, 3.8) is 0 Å². The maximum Gasteiger partial charge on any atom is 0.321 e. The van der Waals surface area contributed by atoms with Gasteiger partial charge in [-0.25, -0.2) is 4.79 Å². The topological polar surface area (TPSA) is 44.8 Å². The minimum Gasteiger partial charge on any atom is -0.492 e. The highest BCUT2D eigenvalue weighted by atomic mass is 35.5. The number of benzene rings is 2. The number of hydrogen-bond acceptors (Lipinski definition) is 3. The lowest BCUT2D eigenvalue weighted by Crippen LogP contribution is -2.50. The molecular formula is C20H24ClN3O2. The van der Waals surface area contributed by atoms with Gasteiger partial charge in [-0.05, 0) is 49.7 Å². The summed E-state index contributed by atoms with van der Waals surface area (Å²) in [6.07, 6.45) is 0. The van der Waals surface area contributed by atoms with Gasteiger partial charge >= 0.3 is 6.03 Å². The predicted molar refractivity (Wildman–Crippen MR) is 107 cm³/mol. The lowest BCUT2D eigenvalue weighted by molar-refractivity contribution is 0.208. The second-order valence-electron chi connectivity index (χ2n) is 6.32. The van der Waals surface area contributed by atoms with Gasteiger partial charge in [-0.15, -0.1) is 0 Å². The van der Waals surface area contributed by atoms with E-state index in [4.69, 9.17) is 16.3 Å². The lowest BCUT2D eigenvalue weighted by atomic mass is 10.2. The van der Waals surface area contributed by atoms with Crippen molar-refractivity contribution in [2.24, 2.45) is 0 Å². The van der Waals surface area contributed by atoms with Crippen molar-refractivity contribution >= 4 is 29.0 Å². The summed E-state index contributed by atoms with van der Waals surface area (Å²) in [5.41, 5.74) is 3.13. The standard InChI is InChI=1S/C20H24ClN3O2/c1-3-26-19-8-7-16(14-18(19)21)22-20(25)24-11-9-23(10-12-24)17-6-4-5-15(2)13-17/h4-8,13-14H,3,9-12H2,1-2H3,(H,22,25). The number of amides is 2. The number of nitrogens with one attached hydrogen (secondary N) is 1. The van der Waals surface area contributed by atoms with Crippen molar-refractivity contribution in [2.75, 3.05) is 43.0 Å². The van der Waals surface area contributed by atoms with Gasteiger partial charge in [-0.3, -0.25) is 0 Å². The number of nitrogens with zero attached hydrogens (tertiary/aromatic N) is 2. The van der Waals surface area contributed by atoms with Gasteiger partial charge in [0.2, 0.25) is 0 Å². The van der Waals surface area contributed by atoms with Gasteiger partial charge in [0.1, 0.15) is 5.75 Å². The zero-order chi connectivity index (χ0) is 18.5. The molecule has 0 atom stereocenters. The third kappa shape index (κ3) is 4.41. The highest BCUT2D eigenvalue weighted by Crippen LogP contribution is 2.28. The summed E-state index contributed by atoms with van der Waals surface area (Å²) in [6.45, 7) is 7.56. The monoisotopic (exact) mass is 373 g/mol. The zero-order valence-corrected chi connectivity index (χ0v) is 15.9. The van der Waals surface area contributed by atoms with E-state index < -0.39 is 0 Å². The number of rotatable bonds is 4. The number of carbonyl (C=O) groups excluding carboxylic acids is 1. The number of piperazine rings is 1. The molecule has 1 N–H and O–H groups in total. The second-order valence-corrected chi connectivity index (χ2v) is 6.73. The Morgan fingerprint density at radius 3 is 2.58 bits per heavy atom. The summed E-state index contributed by atoms with van der Waals surface area (Å²) in [5.74, 6) is 0.624. The first-order valence-electron chi connectivity index (χ1n) is 8.86. The normalized spacial score (nSPS) is 14.3. The number of anilines is 2. The van der Waals surface area contributed by atoms with Crippen molar-refractivity contribution in [2.45, 2.75) is 13.8 Å². The first kappa shape index (κ1) is 18.4. The van der Waals surface area contributed by atoms with E-state index in [1.54, 1.807) is 18.2 Å². The molecule has 0 saturated carbocycles. The van der Waals surface area contributed by atoms with Crippen LogP contribution in [-0.2, 0) is 0 Å². The number of halogens is 1. The summed E-state index contributed by atoms with van der Waals surface area (Å²) in [7, 11) is 0. The Morgan fingerprint density at radius 2 is 1.92 bits per heavy atom. The van der Waals surface area contributed by atoms with Crippen LogP contribution < -0.4 is 15.0 Å². The zero-order valence-electron chi connectivity index (χ0n) is 15.2. The Bertz CT molecular complexity index is 773. The van der Waals surface area contributed by atoms with E-state index in [0.29, 0.717) is 36.2 Å². The SMILES string of the molecule is CCOc1ccc(NC(=O)N2CCN(c3cccc(C)c3)CC2)cc1Cl. The van der Waals surface area contributed by atoms with Crippen LogP contribution in [0.1, 0.15) is 12.5 Å². The summed E-state index contributed by atoms with van der Waals surface area (Å²) >= 11 is 6.18. The maximum atomic E-state index is 12.5. The van der Waals surface area contributed by atoms with Crippen molar-refractivity contribution < 1.29 is 9.53 Å². The summed E-state index contributed by atoms with van der Waals surface area (Å²) in [4.78, 5) is 16.6. The molecule has 138 valence electrons. The largest absolute Gasteiger partial charge is 0.492 e. The molecule has 5 nitrogen and oxygen atoms in total. The minimum atomic E-state index is -0.103. The van der Waals surface area contributed by atoms with Crippen molar-refractivity contribution in [3.05, 3.63) is 53.1 Å². The van der Waals surface area contributed by atoms with E-state index in [1.165, 1.54) is 11.3 Å². The number of urea groups is 1. The van der Waals surface area contributed by atoms with E-state index in [1.807, 2.05) is 11.8 Å². The highest BCUT2D eigenvalue weighted by molar-refractivity contribution is 6.32. The van der Waals surface area contributed by atoms with Crippen LogP contribution in [0.4, 0.5) is 16.2 Å². The van der Waals surface area contributed by atoms with Gasteiger partial charge in [-0.2, -0.15) is 0 Å². The molecule has 2 amide bonds. The molecule has 2 aromatic rings. The average molecular weight is 374 g/mol. The molecule has 1 aliphatic rings. The Kier molecular flexibility index (Phi) is 5.89. The van der Waals surface area contributed by atoms with E-state index in [9.17, 15) is 4.79 Å². The van der Waals surface area contributed by atoms with Crippen LogP contribution in [0.15, 0.2) is 42.5 Å². The fourth-order valence-electron chi connectivity index (χ4n) is 3.05. The Labute approximate surface area is 159 Å². The molecule has 2 aromatic carbocycles. The van der Waals surface area contributed by atoms with E-state index >= 15 is 0 Å². The molecule has 1 fully saturated rings. The number of aryl methyl sites for hydroxylation is 1. The van der Waals surface area contributed by atoms with Crippen molar-refractivity contribution in [1.82, 2.24) is 4.90 Å². The first-order chi connectivity index (χ1) is 12.6. The average Bonchev–Trinajstić information content (AvgIpc) is 2.64. The molecular weight excluding hydrogens is 350 g/mol. The Balaban J connectivity index is 1.56. The smallest absolute Gasteiger partial charge is 0.321 e. The van der Waals surface area contributed by atoms with Crippen molar-refractivity contribution in [3.8, 4) is 5.75 Å². The van der Waals surface area contributed by atoms with E-state index in [0.717, 1.165) is 13.1 Å². The molecule has 6 heteroatoms. The van der Waals surface area contributed by atoms with Gasteiger partial charge in [0.15, 0.2) is 0 Å². The summed E-state index contributed by atoms with van der Waals surface area (Å²) in [5, 5.41) is 3.41. The van der Waals surface area contributed by atoms with Gasteiger partial charge in [0.25, 0.3) is 0 Å². The molecule has 3 rings (SSSR count). The highest BCUT2D eigenvalue weighted by Gasteiger charge is 2.21. The van der Waals surface area contributed by atoms with E-state index in [-0.39, 0.29) is 6.03 Å². The fraction of sp³-hybridized carbons (Fsp3) is 0.350. The molecule has 0 radical (unpaired) electrons. The van der Waals surface area contributed by atoms with Gasteiger partial charge in [0.05, 0.1) is 11.6 Å². The second kappa shape index (κ2) is 8.32. The van der Waals surface area contributed by atoms with Crippen LogP contribution in [0.5, 0.6) is 5.75 Å². The summed E-state index contributed by atoms with van der Waals surface area (Å²) < 4.78 is 5.41. The number of hydrogen-bond donors (Lipinski definition) is 1. The van der Waals surface area contributed by atoms with E-state index in [2.05, 4.69) is 41.4 Å². The fourth-order valence-corrected chi connectivity index (χ4v) is 3.28. The van der Waals surface area contributed by atoms with Crippen LogP contribution in [0, 0.1) is 6.92 Å². The molecule has 26 heavy (non-hydrogen) atoms. The van der Waals surface area contributed by atoms with Gasteiger partial charge in [0, 0.05) is 37.6 Å². The predicted octanol–water partition coefficient (Wildman–Crippen LogP) is 4.40. The Hall–Kier alpha value is -2.40. The summed E-state index contributed by atoms with van der Waals surface area (Å²) in [6, 6.07) is 13.6. The molecule has 1 saturated heterocycles. The number of ether oxygens (including phenoxy) is 1. The van der Waals surface area contributed by atoms with Gasteiger partial charge < -0.3 is 19.9 Å². The Morgan fingerprint density at radius 1 is 1.15 bits per heavy atom. The molecule has 1 heterocycles. The van der Waals surface area contributed by atoms with Crippen LogP contribution in [-0.4, -0.2) is 43.7 Å². The molecule has 0 aromatic heterocycles. The van der Waals surface area contributed by atoms with Crippen LogP contribution in [0.3, 0.4) is 0 Å². The molecule has 0 unspecified atom stereocenters. The van der Waals surface area contributed by atoms with Gasteiger partial charge in [-0.1, -0.05) is 23.7 Å². The first-order valence-corrected chi connectivity index (χ1v) is 9.24. The third-order valence-corrected chi connectivity index (χ3v) is 4.71. The lowest BCUT2D eigenvalue weighted by Gasteiger charge is -2.36. The van der Waals surface area contributed by atoms with Crippen molar-refractivity contribution in [1.29, 1.82) is 0 Å². The molecule has 1 aliphatic heterocycles. The third-order valence-electron chi connectivity index (χ3n) is 4.42.